The Morgan fingerprint density at radius 3 is 2.13 bits per heavy atom. The normalized spacial score (nSPS) is 21.3. The van der Waals surface area contributed by atoms with Crippen LogP contribution in [0.5, 0.6) is 0 Å². The second-order valence-electron chi connectivity index (χ2n) is 6.66. The summed E-state index contributed by atoms with van der Waals surface area (Å²) in [6.45, 7) is 18.2. The molecule has 23 heavy (non-hydrogen) atoms. The molecule has 0 amide bonds. The van der Waals surface area contributed by atoms with Gasteiger partial charge in [0.25, 0.3) is 0 Å². The van der Waals surface area contributed by atoms with Crippen LogP contribution in [0.3, 0.4) is 0 Å². The van der Waals surface area contributed by atoms with E-state index in [0.717, 1.165) is 24.9 Å². The number of hydrogen-bond donors (Lipinski definition) is 0. The maximum Gasteiger partial charge on any atom is 0.395 e. The minimum atomic E-state index is -2.71. The molecule has 0 aromatic rings. The van der Waals surface area contributed by atoms with Gasteiger partial charge in [-0.05, 0) is 24.7 Å². The van der Waals surface area contributed by atoms with Crippen molar-refractivity contribution in [3.63, 3.8) is 0 Å². The molecule has 0 aromatic heterocycles. The molecule has 1 aliphatic heterocycles. The van der Waals surface area contributed by atoms with Crippen molar-refractivity contribution in [3.05, 3.63) is 24.9 Å². The summed E-state index contributed by atoms with van der Waals surface area (Å²) in [6.07, 6.45) is 4.12. The van der Waals surface area contributed by atoms with Gasteiger partial charge in [0.1, 0.15) is 0 Å². The average Bonchev–Trinajstić information content (AvgIpc) is 2.93. The van der Waals surface area contributed by atoms with Crippen molar-refractivity contribution < 1.29 is 17.5 Å². The largest absolute Gasteiger partial charge is 0.410 e. The highest BCUT2D eigenvalue weighted by Gasteiger charge is 2.52. The van der Waals surface area contributed by atoms with Gasteiger partial charge < -0.3 is 8.54 Å². The minimum absolute atomic E-state index is 0.00518. The predicted octanol–water partition coefficient (Wildman–Crippen LogP) is 5.41. The minimum Gasteiger partial charge on any atom is -0.410 e. The first-order valence-electron chi connectivity index (χ1n) is 8.44. The summed E-state index contributed by atoms with van der Waals surface area (Å²) in [6, 6.07) is 2.00. The highest BCUT2D eigenvalue weighted by atomic mass is 32.2. The van der Waals surface area contributed by atoms with Crippen LogP contribution >= 0.6 is 12.0 Å². The lowest BCUT2D eigenvalue weighted by Gasteiger charge is -2.39. The van der Waals surface area contributed by atoms with Gasteiger partial charge in [-0.1, -0.05) is 46.6 Å². The molecule has 1 aliphatic rings. The molecule has 1 heterocycles. The highest BCUT2D eigenvalue weighted by molar-refractivity contribution is 7.95. The Bertz CT molecular complexity index is 386. The summed E-state index contributed by atoms with van der Waals surface area (Å²) >= 11 is 1.31. The molecular weight excluding hydrogens is 344 g/mol. The number of hydrogen-bond acceptors (Lipinski definition) is 5. The molecule has 0 aliphatic carbocycles. The fourth-order valence-electron chi connectivity index (χ4n) is 2.53. The van der Waals surface area contributed by atoms with Crippen molar-refractivity contribution in [3.8, 4) is 0 Å². The third-order valence-electron chi connectivity index (χ3n) is 3.93. The second kappa shape index (κ2) is 9.55. The highest BCUT2D eigenvalue weighted by Crippen LogP contribution is 2.39. The lowest BCUT2D eigenvalue weighted by atomic mass is 10.4. The van der Waals surface area contributed by atoms with Gasteiger partial charge in [-0.3, -0.25) is 0 Å². The molecule has 1 unspecified atom stereocenters. The molecule has 0 N–H and O–H groups in total. The summed E-state index contributed by atoms with van der Waals surface area (Å²) in [4.78, 5) is 0. The summed E-state index contributed by atoms with van der Waals surface area (Å²) in [5, 5.41) is 0.327. The molecular formula is C16H32O4SSi2. The molecule has 1 fully saturated rings. The Morgan fingerprint density at radius 1 is 1.09 bits per heavy atom. The lowest BCUT2D eigenvalue weighted by Crippen LogP contribution is -2.55. The molecule has 4 nitrogen and oxygen atoms in total. The lowest BCUT2D eigenvalue weighted by molar-refractivity contribution is -0.110. The second-order valence-corrected chi connectivity index (χ2v) is 15.0. The van der Waals surface area contributed by atoms with Gasteiger partial charge in [-0.15, -0.1) is 13.2 Å². The van der Waals surface area contributed by atoms with E-state index >= 15 is 0 Å². The molecule has 2 atom stereocenters. The molecule has 134 valence electrons. The Balaban J connectivity index is 2.91. The predicted molar refractivity (Wildman–Crippen MR) is 102 cm³/mol. The van der Waals surface area contributed by atoms with Crippen molar-refractivity contribution in [2.75, 3.05) is 0 Å². The van der Waals surface area contributed by atoms with Crippen LogP contribution in [-0.2, 0) is 17.5 Å². The fourth-order valence-corrected chi connectivity index (χ4v) is 11.6. The molecule has 7 heteroatoms. The summed E-state index contributed by atoms with van der Waals surface area (Å²) < 4.78 is 24.3. The monoisotopic (exact) mass is 376 g/mol. The van der Waals surface area contributed by atoms with Crippen molar-refractivity contribution in [1.82, 2.24) is 0 Å². The van der Waals surface area contributed by atoms with Gasteiger partial charge in [0.15, 0.2) is 0 Å². The molecule has 0 radical (unpaired) electrons. The van der Waals surface area contributed by atoms with Gasteiger partial charge in [0.05, 0.1) is 6.10 Å². The van der Waals surface area contributed by atoms with Gasteiger partial charge >= 0.3 is 17.1 Å². The van der Waals surface area contributed by atoms with E-state index in [0.29, 0.717) is 5.25 Å². The summed E-state index contributed by atoms with van der Waals surface area (Å²) in [5.41, 5.74) is 2.04. The van der Waals surface area contributed by atoms with Crippen molar-refractivity contribution in [1.29, 1.82) is 0 Å². The van der Waals surface area contributed by atoms with E-state index in [1.54, 1.807) is 0 Å². The maximum absolute atomic E-state index is 6.68. The topological polar surface area (TPSA) is 36.9 Å². The van der Waals surface area contributed by atoms with Crippen LogP contribution in [-0.4, -0.2) is 28.5 Å². The molecule has 0 bridgehead atoms. The number of rotatable bonds is 11. The van der Waals surface area contributed by atoms with E-state index in [9.17, 15) is 0 Å². The molecule has 1 saturated heterocycles. The summed E-state index contributed by atoms with van der Waals surface area (Å²) in [7, 11) is -5.02. The fraction of sp³-hybridized carbons (Fsp3) is 0.750. The van der Waals surface area contributed by atoms with Crippen LogP contribution in [0.15, 0.2) is 24.9 Å². The van der Waals surface area contributed by atoms with Crippen LogP contribution in [0.2, 0.25) is 17.6 Å². The van der Waals surface area contributed by atoms with Gasteiger partial charge in [-0.2, -0.15) is 4.33 Å². The third-order valence-corrected chi connectivity index (χ3v) is 12.9. The smallest absolute Gasteiger partial charge is 0.395 e. The van der Waals surface area contributed by atoms with Crippen molar-refractivity contribution in [2.24, 2.45) is 0 Å². The first kappa shape index (κ1) is 21.1. The van der Waals surface area contributed by atoms with Crippen LogP contribution in [0, 0.1) is 0 Å². The Kier molecular flexibility index (Phi) is 8.78. The quantitative estimate of drug-likeness (QED) is 0.158. The average molecular weight is 377 g/mol. The van der Waals surface area contributed by atoms with Crippen LogP contribution in [0.4, 0.5) is 0 Å². The molecule has 1 rings (SSSR count). The molecule has 0 spiro atoms. The van der Waals surface area contributed by atoms with Gasteiger partial charge in [0, 0.05) is 22.8 Å². The first-order valence-corrected chi connectivity index (χ1v) is 13.4. The Labute approximate surface area is 148 Å². The zero-order valence-corrected chi connectivity index (χ0v) is 18.0. The van der Waals surface area contributed by atoms with E-state index in [4.69, 9.17) is 17.5 Å². The zero-order valence-electron chi connectivity index (χ0n) is 15.2. The van der Waals surface area contributed by atoms with Gasteiger partial charge in [0.2, 0.25) is 0 Å². The van der Waals surface area contributed by atoms with E-state index in [1.165, 1.54) is 12.0 Å². The Hall–Kier alpha value is 0.104. The third kappa shape index (κ3) is 6.15. The maximum atomic E-state index is 6.68. The zero-order chi connectivity index (χ0) is 17.5. The van der Waals surface area contributed by atoms with E-state index < -0.39 is 17.1 Å². The van der Waals surface area contributed by atoms with E-state index in [2.05, 4.69) is 40.9 Å². The van der Waals surface area contributed by atoms with Crippen LogP contribution in [0.1, 0.15) is 47.5 Å². The molecule has 0 saturated carbocycles. The first-order chi connectivity index (χ1) is 10.8. The van der Waals surface area contributed by atoms with Crippen LogP contribution in [0.25, 0.3) is 0 Å². The van der Waals surface area contributed by atoms with Crippen molar-refractivity contribution in [2.45, 2.75) is 76.4 Å². The summed E-state index contributed by atoms with van der Waals surface area (Å²) in [5.74, 6) is 0. The van der Waals surface area contributed by atoms with Crippen LogP contribution < -0.4 is 0 Å². The Morgan fingerprint density at radius 2 is 1.70 bits per heavy atom. The van der Waals surface area contributed by atoms with Crippen molar-refractivity contribution >= 4 is 29.2 Å². The van der Waals surface area contributed by atoms with E-state index in [-0.39, 0.29) is 11.6 Å². The van der Waals surface area contributed by atoms with E-state index in [1.807, 2.05) is 18.7 Å². The molecule has 0 aromatic carbocycles. The standard InChI is InChI=1S/C16H32O4SSi2/c1-8-16(7)17-22(12-10-11-13-22)20-23(9-2,15(5)6)19-18-21-14(3)4/h8-9,14-16H,1-2,10-13H2,3-7H3/t16-,23?/m1/s1. The van der Waals surface area contributed by atoms with Gasteiger partial charge in [-0.25, -0.2) is 4.58 Å². The SMILES string of the molecule is C=C[C@@H](C)O[Si]1(O[Si](C=C)(OOSC(C)C)C(C)C)CCCC1.